The van der Waals surface area contributed by atoms with E-state index in [1.54, 1.807) is 0 Å². The van der Waals surface area contributed by atoms with Crippen LogP contribution in [0.1, 0.15) is 43.2 Å². The standard InChI is InChI=1S/C16H25N/c1-14-7-5-6-10-16(14)11-12-17-13-15-8-3-2-4-9-15/h5-7,10,15,17H,2-4,8-9,11-13H2,1H3. The van der Waals surface area contributed by atoms with Crippen LogP contribution in [-0.2, 0) is 6.42 Å². The van der Waals surface area contributed by atoms with E-state index in [1.165, 1.54) is 56.2 Å². The first-order valence-electron chi connectivity index (χ1n) is 7.11. The van der Waals surface area contributed by atoms with E-state index in [1.807, 2.05) is 0 Å². The summed E-state index contributed by atoms with van der Waals surface area (Å²) in [4.78, 5) is 0. The van der Waals surface area contributed by atoms with Gasteiger partial charge in [0.1, 0.15) is 0 Å². The molecule has 0 heterocycles. The van der Waals surface area contributed by atoms with Crippen LogP contribution in [0.25, 0.3) is 0 Å². The highest BCUT2D eigenvalue weighted by atomic mass is 14.9. The fraction of sp³-hybridized carbons (Fsp3) is 0.625. The van der Waals surface area contributed by atoms with E-state index in [0.29, 0.717) is 0 Å². The molecule has 1 aromatic rings. The normalized spacial score (nSPS) is 17.2. The maximum atomic E-state index is 3.63. The number of hydrogen-bond acceptors (Lipinski definition) is 1. The summed E-state index contributed by atoms with van der Waals surface area (Å²) >= 11 is 0. The molecule has 2 rings (SSSR count). The van der Waals surface area contributed by atoms with Crippen molar-refractivity contribution in [2.75, 3.05) is 13.1 Å². The Morgan fingerprint density at radius 1 is 1.12 bits per heavy atom. The second-order valence-electron chi connectivity index (χ2n) is 5.38. The summed E-state index contributed by atoms with van der Waals surface area (Å²) in [7, 11) is 0. The topological polar surface area (TPSA) is 12.0 Å². The van der Waals surface area contributed by atoms with Crippen molar-refractivity contribution < 1.29 is 0 Å². The number of nitrogens with one attached hydrogen (secondary N) is 1. The molecule has 0 radical (unpaired) electrons. The van der Waals surface area contributed by atoms with Gasteiger partial charge in [0.2, 0.25) is 0 Å². The van der Waals surface area contributed by atoms with E-state index in [9.17, 15) is 0 Å². The Bertz CT molecular complexity index is 326. The predicted molar refractivity (Wildman–Crippen MR) is 74.3 cm³/mol. The molecule has 1 heteroatoms. The molecule has 0 bridgehead atoms. The first-order valence-corrected chi connectivity index (χ1v) is 7.11. The third-order valence-corrected chi connectivity index (χ3v) is 3.99. The molecule has 94 valence electrons. The molecule has 0 amide bonds. The maximum absolute atomic E-state index is 3.63. The van der Waals surface area contributed by atoms with Crippen molar-refractivity contribution >= 4 is 0 Å². The Morgan fingerprint density at radius 2 is 1.88 bits per heavy atom. The number of hydrogen-bond donors (Lipinski definition) is 1. The Morgan fingerprint density at radius 3 is 2.65 bits per heavy atom. The van der Waals surface area contributed by atoms with Crippen LogP contribution in [0, 0.1) is 12.8 Å². The van der Waals surface area contributed by atoms with Crippen molar-refractivity contribution in [3.05, 3.63) is 35.4 Å². The van der Waals surface area contributed by atoms with Gasteiger partial charge in [-0.05, 0) is 56.3 Å². The van der Waals surface area contributed by atoms with Crippen LogP contribution in [-0.4, -0.2) is 13.1 Å². The zero-order valence-electron chi connectivity index (χ0n) is 11.0. The van der Waals surface area contributed by atoms with Gasteiger partial charge in [-0.1, -0.05) is 43.5 Å². The average Bonchev–Trinajstić information content (AvgIpc) is 2.38. The smallest absolute Gasteiger partial charge is 0.000814 e. The molecule has 1 aromatic carbocycles. The van der Waals surface area contributed by atoms with Gasteiger partial charge in [0, 0.05) is 0 Å². The lowest BCUT2D eigenvalue weighted by atomic mass is 9.89. The molecule has 1 N–H and O–H groups in total. The molecule has 0 saturated heterocycles. The molecule has 0 aromatic heterocycles. The molecule has 1 nitrogen and oxygen atoms in total. The van der Waals surface area contributed by atoms with Gasteiger partial charge >= 0.3 is 0 Å². The molecule has 1 aliphatic carbocycles. The molecule has 1 aliphatic rings. The van der Waals surface area contributed by atoms with Crippen LogP contribution in [0.3, 0.4) is 0 Å². The van der Waals surface area contributed by atoms with Gasteiger partial charge in [0.05, 0.1) is 0 Å². The Kier molecular flexibility index (Phi) is 5.06. The highest BCUT2D eigenvalue weighted by molar-refractivity contribution is 5.25. The summed E-state index contributed by atoms with van der Waals surface area (Å²) in [6, 6.07) is 8.71. The lowest BCUT2D eigenvalue weighted by Gasteiger charge is -2.21. The quantitative estimate of drug-likeness (QED) is 0.762. The van der Waals surface area contributed by atoms with E-state index in [-0.39, 0.29) is 0 Å². The van der Waals surface area contributed by atoms with E-state index in [0.717, 1.165) is 12.5 Å². The Labute approximate surface area is 106 Å². The van der Waals surface area contributed by atoms with E-state index in [4.69, 9.17) is 0 Å². The average molecular weight is 231 g/mol. The van der Waals surface area contributed by atoms with Gasteiger partial charge in [-0.25, -0.2) is 0 Å². The van der Waals surface area contributed by atoms with Crippen LogP contribution >= 0.6 is 0 Å². The third-order valence-electron chi connectivity index (χ3n) is 3.99. The van der Waals surface area contributed by atoms with Crippen molar-refractivity contribution in [1.29, 1.82) is 0 Å². The predicted octanol–water partition coefficient (Wildman–Crippen LogP) is 3.71. The molecule has 0 aliphatic heterocycles. The van der Waals surface area contributed by atoms with Crippen molar-refractivity contribution in [3.8, 4) is 0 Å². The Balaban J connectivity index is 1.64. The lowest BCUT2D eigenvalue weighted by molar-refractivity contribution is 0.343. The second kappa shape index (κ2) is 6.80. The third kappa shape index (κ3) is 4.16. The molecule has 17 heavy (non-hydrogen) atoms. The monoisotopic (exact) mass is 231 g/mol. The summed E-state index contributed by atoms with van der Waals surface area (Å²) in [6.07, 6.45) is 8.40. The lowest BCUT2D eigenvalue weighted by Crippen LogP contribution is -2.26. The molecule has 0 atom stereocenters. The highest BCUT2D eigenvalue weighted by Gasteiger charge is 2.12. The van der Waals surface area contributed by atoms with Gasteiger partial charge in [-0.15, -0.1) is 0 Å². The van der Waals surface area contributed by atoms with Crippen molar-refractivity contribution in [1.82, 2.24) is 5.32 Å². The SMILES string of the molecule is Cc1ccccc1CCNCC1CCCCC1. The van der Waals surface area contributed by atoms with Crippen molar-refractivity contribution in [2.24, 2.45) is 5.92 Å². The minimum absolute atomic E-state index is 0.945. The Hall–Kier alpha value is -0.820. The van der Waals surface area contributed by atoms with Crippen LogP contribution in [0.4, 0.5) is 0 Å². The van der Waals surface area contributed by atoms with Crippen LogP contribution in [0.2, 0.25) is 0 Å². The number of rotatable bonds is 5. The minimum atomic E-state index is 0.945. The summed E-state index contributed by atoms with van der Waals surface area (Å²) in [5.74, 6) is 0.945. The van der Waals surface area contributed by atoms with Crippen LogP contribution in [0.5, 0.6) is 0 Å². The minimum Gasteiger partial charge on any atom is -0.316 e. The molecule has 0 unspecified atom stereocenters. The van der Waals surface area contributed by atoms with Crippen LogP contribution < -0.4 is 5.32 Å². The molecule has 1 saturated carbocycles. The first kappa shape index (κ1) is 12.6. The van der Waals surface area contributed by atoms with Gasteiger partial charge in [0.15, 0.2) is 0 Å². The second-order valence-corrected chi connectivity index (χ2v) is 5.38. The largest absolute Gasteiger partial charge is 0.316 e. The summed E-state index contributed by atoms with van der Waals surface area (Å²) in [5.41, 5.74) is 2.91. The summed E-state index contributed by atoms with van der Waals surface area (Å²) < 4.78 is 0. The molecule has 1 fully saturated rings. The molecule has 0 spiro atoms. The summed E-state index contributed by atoms with van der Waals surface area (Å²) in [5, 5.41) is 3.63. The van der Waals surface area contributed by atoms with E-state index >= 15 is 0 Å². The summed E-state index contributed by atoms with van der Waals surface area (Å²) in [6.45, 7) is 4.56. The first-order chi connectivity index (χ1) is 8.36. The van der Waals surface area contributed by atoms with Crippen molar-refractivity contribution in [2.45, 2.75) is 45.4 Å². The van der Waals surface area contributed by atoms with Crippen molar-refractivity contribution in [3.63, 3.8) is 0 Å². The van der Waals surface area contributed by atoms with Gasteiger partial charge in [-0.3, -0.25) is 0 Å². The fourth-order valence-corrected chi connectivity index (χ4v) is 2.81. The maximum Gasteiger partial charge on any atom is -0.000814 e. The molecular weight excluding hydrogens is 206 g/mol. The van der Waals surface area contributed by atoms with Gasteiger partial charge in [0.25, 0.3) is 0 Å². The zero-order chi connectivity index (χ0) is 11.9. The highest BCUT2D eigenvalue weighted by Crippen LogP contribution is 2.22. The number of benzene rings is 1. The van der Waals surface area contributed by atoms with Crippen LogP contribution in [0.15, 0.2) is 24.3 Å². The van der Waals surface area contributed by atoms with Gasteiger partial charge < -0.3 is 5.32 Å². The molecular formula is C16H25N. The zero-order valence-corrected chi connectivity index (χ0v) is 11.0. The number of aryl methyl sites for hydroxylation is 1. The fourth-order valence-electron chi connectivity index (χ4n) is 2.81. The van der Waals surface area contributed by atoms with E-state index < -0.39 is 0 Å². The van der Waals surface area contributed by atoms with E-state index in [2.05, 4.69) is 36.5 Å². The van der Waals surface area contributed by atoms with Gasteiger partial charge in [-0.2, -0.15) is 0 Å².